The molecule has 0 aromatic heterocycles. The minimum Gasteiger partial charge on any atom is -0.383 e. The van der Waals surface area contributed by atoms with Crippen LogP contribution in [-0.2, 0) is 9.53 Å². The van der Waals surface area contributed by atoms with Crippen LogP contribution in [0.25, 0.3) is 0 Å². The third kappa shape index (κ3) is 6.40. The summed E-state index contributed by atoms with van der Waals surface area (Å²) in [6.45, 7) is 0.913. The molecule has 0 heterocycles. The Balaban J connectivity index is 1.84. The highest BCUT2D eigenvalue weighted by molar-refractivity contribution is 5.97. The Morgan fingerprint density at radius 2 is 1.68 bits per heavy atom. The highest BCUT2D eigenvalue weighted by Gasteiger charge is 2.07. The average molecular weight is 384 g/mol. The van der Waals surface area contributed by atoms with Crippen LogP contribution in [0.15, 0.2) is 48.5 Å². The minimum atomic E-state index is -0.248. The zero-order valence-corrected chi connectivity index (χ0v) is 15.9. The van der Waals surface area contributed by atoms with E-state index in [4.69, 9.17) is 4.74 Å². The molecule has 148 valence electrons. The van der Waals surface area contributed by atoms with Crippen molar-refractivity contribution in [3.8, 4) is 0 Å². The molecule has 2 aromatic carbocycles. The number of methoxy groups -OCH3 is 1. The lowest BCUT2D eigenvalue weighted by Gasteiger charge is -2.10. The van der Waals surface area contributed by atoms with Crippen molar-refractivity contribution in [3.63, 3.8) is 0 Å². The van der Waals surface area contributed by atoms with Crippen molar-refractivity contribution in [2.75, 3.05) is 44.5 Å². The molecule has 0 unspecified atom stereocenters. The number of nitrogens with one attached hydrogen (secondary N) is 4. The molecule has 0 aliphatic rings. The number of carbonyl (C=O) groups excluding carboxylic acids is 3. The standard InChI is InChI=1S/C20H24N4O4/c1-21-19(26)15-4-3-5-17(12-15)23-13-18(25)24-16-8-6-14(7-9-16)20(27)22-10-11-28-2/h3-9,12,23H,10-11,13H2,1-2H3,(H,21,26)(H,22,27)(H,24,25). The molecule has 0 radical (unpaired) electrons. The van der Waals surface area contributed by atoms with E-state index >= 15 is 0 Å². The van der Waals surface area contributed by atoms with Gasteiger partial charge in [-0.15, -0.1) is 0 Å². The van der Waals surface area contributed by atoms with Crippen molar-refractivity contribution < 1.29 is 19.1 Å². The summed E-state index contributed by atoms with van der Waals surface area (Å²) < 4.78 is 4.88. The molecule has 3 amide bonds. The minimum absolute atomic E-state index is 0.0381. The van der Waals surface area contributed by atoms with Crippen LogP contribution >= 0.6 is 0 Å². The zero-order valence-electron chi connectivity index (χ0n) is 15.9. The van der Waals surface area contributed by atoms with Crippen molar-refractivity contribution in [3.05, 3.63) is 59.7 Å². The van der Waals surface area contributed by atoms with Crippen LogP contribution in [0, 0.1) is 0 Å². The van der Waals surface area contributed by atoms with E-state index in [2.05, 4.69) is 21.3 Å². The maximum absolute atomic E-state index is 12.1. The van der Waals surface area contributed by atoms with Crippen LogP contribution in [-0.4, -0.2) is 51.6 Å². The fourth-order valence-electron chi connectivity index (χ4n) is 2.38. The Bertz CT molecular complexity index is 821. The predicted molar refractivity (Wildman–Crippen MR) is 108 cm³/mol. The van der Waals surface area contributed by atoms with Crippen LogP contribution in [0.1, 0.15) is 20.7 Å². The summed E-state index contributed by atoms with van der Waals surface area (Å²) in [5, 5.41) is 11.0. The van der Waals surface area contributed by atoms with Gasteiger partial charge in [0.1, 0.15) is 0 Å². The molecule has 0 atom stereocenters. The van der Waals surface area contributed by atoms with E-state index < -0.39 is 0 Å². The number of anilines is 2. The third-order valence-electron chi connectivity index (χ3n) is 3.83. The lowest BCUT2D eigenvalue weighted by atomic mass is 10.2. The second-order valence-corrected chi connectivity index (χ2v) is 5.89. The van der Waals surface area contributed by atoms with Crippen LogP contribution < -0.4 is 21.3 Å². The third-order valence-corrected chi connectivity index (χ3v) is 3.83. The van der Waals surface area contributed by atoms with Gasteiger partial charge in [0.05, 0.1) is 13.2 Å². The number of rotatable bonds is 9. The van der Waals surface area contributed by atoms with Crippen molar-refractivity contribution in [1.82, 2.24) is 10.6 Å². The lowest BCUT2D eigenvalue weighted by molar-refractivity contribution is -0.114. The Morgan fingerprint density at radius 3 is 2.36 bits per heavy atom. The second kappa shape index (κ2) is 10.7. The summed E-state index contributed by atoms with van der Waals surface area (Å²) in [5.41, 5.74) is 2.25. The van der Waals surface area contributed by atoms with Crippen LogP contribution in [0.5, 0.6) is 0 Å². The summed E-state index contributed by atoms with van der Waals surface area (Å²) in [5.74, 6) is -0.644. The number of hydrogen-bond acceptors (Lipinski definition) is 5. The van der Waals surface area contributed by atoms with E-state index in [1.165, 1.54) is 0 Å². The van der Waals surface area contributed by atoms with E-state index in [0.29, 0.717) is 35.7 Å². The van der Waals surface area contributed by atoms with Crippen molar-refractivity contribution in [1.29, 1.82) is 0 Å². The molecule has 0 saturated carbocycles. The number of ether oxygens (including phenoxy) is 1. The molecule has 0 bridgehead atoms. The molecule has 8 nitrogen and oxygen atoms in total. The van der Waals surface area contributed by atoms with Gasteiger partial charge in [-0.2, -0.15) is 0 Å². The molecule has 28 heavy (non-hydrogen) atoms. The molecular formula is C20H24N4O4. The van der Waals surface area contributed by atoms with Gasteiger partial charge >= 0.3 is 0 Å². The first-order valence-electron chi connectivity index (χ1n) is 8.76. The van der Waals surface area contributed by atoms with Gasteiger partial charge in [-0.05, 0) is 42.5 Å². The van der Waals surface area contributed by atoms with Gasteiger partial charge in [-0.25, -0.2) is 0 Å². The summed E-state index contributed by atoms with van der Waals surface area (Å²) in [7, 11) is 3.13. The Morgan fingerprint density at radius 1 is 0.929 bits per heavy atom. The highest BCUT2D eigenvalue weighted by Crippen LogP contribution is 2.12. The second-order valence-electron chi connectivity index (χ2n) is 5.89. The monoisotopic (exact) mass is 384 g/mol. The summed E-state index contributed by atoms with van der Waals surface area (Å²) in [4.78, 5) is 35.7. The normalized spacial score (nSPS) is 10.1. The van der Waals surface area contributed by atoms with Gasteiger partial charge in [0.2, 0.25) is 5.91 Å². The van der Waals surface area contributed by atoms with Crippen molar-refractivity contribution in [2.45, 2.75) is 0 Å². The molecular weight excluding hydrogens is 360 g/mol. The molecule has 0 fully saturated rings. The maximum Gasteiger partial charge on any atom is 0.251 e. The Labute approximate surface area is 163 Å². The van der Waals surface area contributed by atoms with Crippen molar-refractivity contribution >= 4 is 29.1 Å². The predicted octanol–water partition coefficient (Wildman–Crippen LogP) is 1.47. The Kier molecular flexibility index (Phi) is 7.98. The first-order chi connectivity index (χ1) is 13.5. The zero-order chi connectivity index (χ0) is 20.4. The summed E-state index contributed by atoms with van der Waals surface area (Å²) in [6, 6.07) is 13.5. The number of benzene rings is 2. The number of carbonyl (C=O) groups is 3. The first kappa shape index (κ1) is 20.9. The maximum atomic E-state index is 12.1. The Hall–Kier alpha value is -3.39. The van der Waals surface area contributed by atoms with Gasteiger partial charge in [0.15, 0.2) is 0 Å². The summed E-state index contributed by atoms with van der Waals surface area (Å²) >= 11 is 0. The van der Waals surface area contributed by atoms with Crippen LogP contribution in [0.3, 0.4) is 0 Å². The first-order valence-corrected chi connectivity index (χ1v) is 8.76. The fourth-order valence-corrected chi connectivity index (χ4v) is 2.38. The van der Waals surface area contributed by atoms with Crippen LogP contribution in [0.2, 0.25) is 0 Å². The fraction of sp³-hybridized carbons (Fsp3) is 0.250. The van der Waals surface area contributed by atoms with E-state index in [9.17, 15) is 14.4 Å². The number of amides is 3. The molecule has 0 aliphatic heterocycles. The molecule has 0 spiro atoms. The van der Waals surface area contributed by atoms with E-state index in [0.717, 1.165) is 0 Å². The van der Waals surface area contributed by atoms with Gasteiger partial charge in [-0.1, -0.05) is 6.07 Å². The van der Waals surface area contributed by atoms with Gasteiger partial charge in [0.25, 0.3) is 11.8 Å². The average Bonchev–Trinajstić information content (AvgIpc) is 2.72. The quantitative estimate of drug-likeness (QED) is 0.490. The van der Waals surface area contributed by atoms with Gasteiger partial charge < -0.3 is 26.0 Å². The molecule has 0 saturated heterocycles. The molecule has 4 N–H and O–H groups in total. The summed E-state index contributed by atoms with van der Waals surface area (Å²) in [6.07, 6.45) is 0. The van der Waals surface area contributed by atoms with E-state index in [-0.39, 0.29) is 24.3 Å². The molecule has 2 rings (SSSR count). The SMILES string of the molecule is CNC(=O)c1cccc(NCC(=O)Nc2ccc(C(=O)NCCOC)cc2)c1. The van der Waals surface area contributed by atoms with Crippen LogP contribution in [0.4, 0.5) is 11.4 Å². The highest BCUT2D eigenvalue weighted by atomic mass is 16.5. The smallest absolute Gasteiger partial charge is 0.251 e. The lowest BCUT2D eigenvalue weighted by Crippen LogP contribution is -2.27. The van der Waals surface area contributed by atoms with Gasteiger partial charge in [0, 0.05) is 43.2 Å². The molecule has 8 heteroatoms. The van der Waals surface area contributed by atoms with E-state index in [1.54, 1.807) is 62.7 Å². The topological polar surface area (TPSA) is 109 Å². The molecule has 0 aliphatic carbocycles. The largest absolute Gasteiger partial charge is 0.383 e. The molecule has 2 aromatic rings. The van der Waals surface area contributed by atoms with Gasteiger partial charge in [-0.3, -0.25) is 14.4 Å². The van der Waals surface area contributed by atoms with Crippen molar-refractivity contribution in [2.24, 2.45) is 0 Å². The number of hydrogen-bond donors (Lipinski definition) is 4. The van der Waals surface area contributed by atoms with E-state index in [1.807, 2.05) is 0 Å².